The van der Waals surface area contributed by atoms with Gasteiger partial charge in [-0.25, -0.2) is 0 Å². The number of benzene rings is 1. The fourth-order valence-corrected chi connectivity index (χ4v) is 2.03. The van der Waals surface area contributed by atoms with Gasteiger partial charge in [-0.1, -0.05) is 0 Å². The summed E-state index contributed by atoms with van der Waals surface area (Å²) in [7, 11) is 0. The molecule has 0 saturated carbocycles. The van der Waals surface area contributed by atoms with E-state index in [9.17, 15) is 5.11 Å². The van der Waals surface area contributed by atoms with Crippen LogP contribution in [0.2, 0.25) is 0 Å². The third-order valence-corrected chi connectivity index (χ3v) is 3.26. The third-order valence-electron chi connectivity index (χ3n) is 3.26. The molecule has 0 fully saturated rings. The largest absolute Gasteiger partial charge is 0.508 e. The number of hydrogen-bond acceptors (Lipinski definition) is 2. The van der Waals surface area contributed by atoms with Gasteiger partial charge < -0.3 is 9.84 Å². The van der Waals surface area contributed by atoms with E-state index < -0.39 is 0 Å². The van der Waals surface area contributed by atoms with Crippen molar-refractivity contribution in [1.82, 2.24) is 0 Å². The van der Waals surface area contributed by atoms with E-state index in [1.807, 2.05) is 19.9 Å². The van der Waals surface area contributed by atoms with Crippen molar-refractivity contribution in [3.8, 4) is 11.5 Å². The maximum Gasteiger partial charge on any atom is 0.126 e. The van der Waals surface area contributed by atoms with Crippen LogP contribution in [-0.2, 0) is 6.42 Å². The predicted octanol–water partition coefficient (Wildman–Crippen LogP) is 3.11. The maximum atomic E-state index is 9.73. The van der Waals surface area contributed by atoms with Crippen molar-refractivity contribution in [3.05, 3.63) is 22.8 Å². The summed E-state index contributed by atoms with van der Waals surface area (Å²) >= 11 is 0. The van der Waals surface area contributed by atoms with E-state index in [4.69, 9.17) is 4.74 Å². The minimum atomic E-state index is -0.0822. The fraction of sp³-hybridized carbons (Fsp3) is 0.538. The Bertz CT molecular complexity index is 405. The van der Waals surface area contributed by atoms with Crippen LogP contribution >= 0.6 is 0 Å². The average molecular weight is 206 g/mol. The normalized spacial score (nSPS) is 18.1. The second-order valence-electron chi connectivity index (χ2n) is 5.00. The van der Waals surface area contributed by atoms with Gasteiger partial charge in [0, 0.05) is 0 Å². The second-order valence-corrected chi connectivity index (χ2v) is 5.00. The van der Waals surface area contributed by atoms with Gasteiger partial charge in [0.05, 0.1) is 0 Å². The fourth-order valence-electron chi connectivity index (χ4n) is 2.03. The molecule has 0 radical (unpaired) electrons. The predicted molar refractivity (Wildman–Crippen MR) is 60.6 cm³/mol. The van der Waals surface area contributed by atoms with Crippen LogP contribution in [0.5, 0.6) is 11.5 Å². The molecule has 0 bridgehead atoms. The first kappa shape index (κ1) is 10.3. The summed E-state index contributed by atoms with van der Waals surface area (Å²) in [6.07, 6.45) is 1.99. The van der Waals surface area contributed by atoms with Crippen molar-refractivity contribution < 1.29 is 9.84 Å². The van der Waals surface area contributed by atoms with E-state index >= 15 is 0 Å². The van der Waals surface area contributed by atoms with Crippen molar-refractivity contribution in [1.29, 1.82) is 0 Å². The molecule has 1 aliphatic rings. The van der Waals surface area contributed by atoms with Crippen LogP contribution in [0.25, 0.3) is 0 Å². The first-order chi connectivity index (χ1) is 6.91. The van der Waals surface area contributed by atoms with E-state index in [1.165, 1.54) is 0 Å². The highest BCUT2D eigenvalue weighted by Gasteiger charge is 2.28. The third kappa shape index (κ3) is 1.69. The zero-order valence-corrected chi connectivity index (χ0v) is 9.85. The molecule has 2 heteroatoms. The summed E-state index contributed by atoms with van der Waals surface area (Å²) in [4.78, 5) is 0. The Morgan fingerprint density at radius 2 is 1.93 bits per heavy atom. The quantitative estimate of drug-likeness (QED) is 0.706. The Morgan fingerprint density at radius 3 is 2.60 bits per heavy atom. The molecule has 0 saturated heterocycles. The summed E-state index contributed by atoms with van der Waals surface area (Å²) in [6.45, 7) is 8.15. The van der Waals surface area contributed by atoms with Gasteiger partial charge in [-0.3, -0.25) is 0 Å². The Labute approximate surface area is 90.9 Å². The Kier molecular flexibility index (Phi) is 2.18. The lowest BCUT2D eigenvalue weighted by Crippen LogP contribution is -2.33. The summed E-state index contributed by atoms with van der Waals surface area (Å²) < 4.78 is 5.97. The molecule has 2 rings (SSSR count). The lowest BCUT2D eigenvalue weighted by molar-refractivity contribution is 0.0834. The highest BCUT2D eigenvalue weighted by atomic mass is 16.5. The molecule has 1 heterocycles. The maximum absolute atomic E-state index is 9.73. The van der Waals surface area contributed by atoms with Gasteiger partial charge in [0.1, 0.15) is 17.1 Å². The second kappa shape index (κ2) is 3.16. The van der Waals surface area contributed by atoms with Gasteiger partial charge >= 0.3 is 0 Å². The number of phenolic OH excluding ortho intramolecular Hbond substituents is 1. The van der Waals surface area contributed by atoms with Crippen LogP contribution in [0.1, 0.15) is 37.0 Å². The molecular formula is C13H18O2. The summed E-state index contributed by atoms with van der Waals surface area (Å²) in [6, 6.07) is 1.84. The first-order valence-corrected chi connectivity index (χ1v) is 5.42. The molecule has 1 aliphatic heterocycles. The number of aryl methyl sites for hydroxylation is 1. The summed E-state index contributed by atoms with van der Waals surface area (Å²) in [5.74, 6) is 1.36. The molecule has 0 atom stereocenters. The highest BCUT2D eigenvalue weighted by molar-refractivity contribution is 5.53. The Hall–Kier alpha value is -1.18. The van der Waals surface area contributed by atoms with Gasteiger partial charge in [-0.15, -0.1) is 0 Å². The lowest BCUT2D eigenvalue weighted by Gasteiger charge is -2.34. The first-order valence-electron chi connectivity index (χ1n) is 5.42. The number of fused-ring (bicyclic) bond motifs is 1. The molecule has 0 unspecified atom stereocenters. The zero-order valence-electron chi connectivity index (χ0n) is 9.85. The highest BCUT2D eigenvalue weighted by Crippen LogP contribution is 2.39. The van der Waals surface area contributed by atoms with Gasteiger partial charge in [-0.05, 0) is 63.3 Å². The van der Waals surface area contributed by atoms with Crippen molar-refractivity contribution in [2.75, 3.05) is 0 Å². The smallest absolute Gasteiger partial charge is 0.126 e. The van der Waals surface area contributed by atoms with E-state index in [0.29, 0.717) is 5.75 Å². The molecule has 2 nitrogen and oxygen atoms in total. The minimum Gasteiger partial charge on any atom is -0.508 e. The standard InChI is InChI=1S/C13H18O2/c1-8-9(2)12-10(7-11(8)14)5-6-13(3,4)15-12/h7,14H,5-6H2,1-4H3. The van der Waals surface area contributed by atoms with Crippen LogP contribution < -0.4 is 4.74 Å². The molecule has 0 aliphatic carbocycles. The topological polar surface area (TPSA) is 29.5 Å². The Morgan fingerprint density at radius 1 is 1.27 bits per heavy atom. The molecular weight excluding hydrogens is 188 g/mol. The van der Waals surface area contributed by atoms with Crippen LogP contribution in [-0.4, -0.2) is 10.7 Å². The zero-order chi connectivity index (χ0) is 11.2. The van der Waals surface area contributed by atoms with Crippen LogP contribution in [0.4, 0.5) is 0 Å². The van der Waals surface area contributed by atoms with Crippen molar-refractivity contribution >= 4 is 0 Å². The van der Waals surface area contributed by atoms with E-state index in [1.54, 1.807) is 0 Å². The van der Waals surface area contributed by atoms with Gasteiger partial charge in [0.25, 0.3) is 0 Å². The van der Waals surface area contributed by atoms with Gasteiger partial charge in [-0.2, -0.15) is 0 Å². The molecule has 82 valence electrons. The van der Waals surface area contributed by atoms with Crippen LogP contribution in [0.15, 0.2) is 6.07 Å². The molecule has 0 aromatic heterocycles. The summed E-state index contributed by atoms with van der Waals surface area (Å²) in [5, 5.41) is 9.73. The van der Waals surface area contributed by atoms with Gasteiger partial charge in [0.15, 0.2) is 0 Å². The van der Waals surface area contributed by atoms with Crippen LogP contribution in [0, 0.1) is 13.8 Å². The summed E-state index contributed by atoms with van der Waals surface area (Å²) in [5.41, 5.74) is 3.04. The number of phenols is 1. The molecule has 1 aromatic rings. The van der Waals surface area contributed by atoms with E-state index in [2.05, 4.69) is 13.8 Å². The minimum absolute atomic E-state index is 0.0822. The van der Waals surface area contributed by atoms with Crippen LogP contribution in [0.3, 0.4) is 0 Å². The molecule has 1 N–H and O–H groups in total. The van der Waals surface area contributed by atoms with E-state index in [0.717, 1.165) is 35.3 Å². The van der Waals surface area contributed by atoms with E-state index in [-0.39, 0.29) is 5.60 Å². The number of rotatable bonds is 0. The SMILES string of the molecule is Cc1c(O)cc2c(c1C)OC(C)(C)CC2. The molecule has 15 heavy (non-hydrogen) atoms. The van der Waals surface area contributed by atoms with Crippen molar-refractivity contribution in [2.24, 2.45) is 0 Å². The monoisotopic (exact) mass is 206 g/mol. The molecule has 0 spiro atoms. The number of hydrogen-bond donors (Lipinski definition) is 1. The lowest BCUT2D eigenvalue weighted by atomic mass is 9.91. The van der Waals surface area contributed by atoms with Crippen molar-refractivity contribution in [3.63, 3.8) is 0 Å². The number of aromatic hydroxyl groups is 1. The molecule has 1 aromatic carbocycles. The molecule has 0 amide bonds. The van der Waals surface area contributed by atoms with Gasteiger partial charge in [0.2, 0.25) is 0 Å². The van der Waals surface area contributed by atoms with Crippen molar-refractivity contribution in [2.45, 2.75) is 46.1 Å². The number of ether oxygens (including phenoxy) is 1. The Balaban J connectivity index is 2.55. The average Bonchev–Trinajstić information content (AvgIpc) is 2.16.